The van der Waals surface area contributed by atoms with E-state index < -0.39 is 18.2 Å². The molecule has 0 spiro atoms. The molecular formula is C19H17N3O5. The van der Waals surface area contributed by atoms with Gasteiger partial charge >= 0.3 is 12.0 Å². The summed E-state index contributed by atoms with van der Waals surface area (Å²) in [7, 11) is 0. The average molecular weight is 367 g/mol. The van der Waals surface area contributed by atoms with Crippen molar-refractivity contribution in [1.82, 2.24) is 10.2 Å². The number of carboxylic acid groups (broad SMARTS) is 1. The molecule has 1 atom stereocenters. The van der Waals surface area contributed by atoms with Crippen LogP contribution in [0.15, 0.2) is 59.8 Å². The molecule has 1 aliphatic heterocycles. The number of carboxylic acids is 1. The Morgan fingerprint density at radius 1 is 1.19 bits per heavy atom. The molecule has 0 saturated carbocycles. The number of aromatic carboxylic acids is 1. The highest BCUT2D eigenvalue weighted by molar-refractivity contribution is 5.99. The van der Waals surface area contributed by atoms with E-state index in [1.807, 2.05) is 30.3 Å². The number of nitrogens with zero attached hydrogens (tertiary/aromatic N) is 2. The highest BCUT2D eigenvalue weighted by Gasteiger charge is 2.43. The number of benzene rings is 2. The number of β-lactam (4-membered cyclic amide) rings is 1. The van der Waals surface area contributed by atoms with Gasteiger partial charge in [0.25, 0.3) is 0 Å². The van der Waals surface area contributed by atoms with E-state index in [9.17, 15) is 14.4 Å². The van der Waals surface area contributed by atoms with Crippen LogP contribution in [0.5, 0.6) is 0 Å². The van der Waals surface area contributed by atoms with Crippen LogP contribution in [0.3, 0.4) is 0 Å². The van der Waals surface area contributed by atoms with Gasteiger partial charge in [-0.05, 0) is 23.3 Å². The summed E-state index contributed by atoms with van der Waals surface area (Å²) in [5.41, 5.74) is 1.71. The SMILES string of the molecule is O=C(O)c1ccc(/C=N/OC2CC(=O)N2C(=O)NCc2ccccc2)cc1. The van der Waals surface area contributed by atoms with Gasteiger partial charge in [0, 0.05) is 6.54 Å². The van der Waals surface area contributed by atoms with Gasteiger partial charge in [-0.15, -0.1) is 0 Å². The zero-order valence-electron chi connectivity index (χ0n) is 14.2. The fourth-order valence-electron chi connectivity index (χ4n) is 2.45. The second kappa shape index (κ2) is 8.13. The molecule has 1 saturated heterocycles. The van der Waals surface area contributed by atoms with Crippen molar-refractivity contribution in [2.24, 2.45) is 5.16 Å². The first kappa shape index (κ1) is 18.1. The molecule has 0 radical (unpaired) electrons. The smallest absolute Gasteiger partial charge is 0.335 e. The number of imide groups is 1. The van der Waals surface area contributed by atoms with E-state index in [-0.39, 0.29) is 17.9 Å². The van der Waals surface area contributed by atoms with E-state index in [0.717, 1.165) is 10.5 Å². The van der Waals surface area contributed by atoms with Crippen LogP contribution < -0.4 is 5.32 Å². The summed E-state index contributed by atoms with van der Waals surface area (Å²) in [5, 5.41) is 15.3. The molecule has 1 heterocycles. The van der Waals surface area contributed by atoms with Gasteiger partial charge in [0.05, 0.1) is 18.2 Å². The third-order valence-electron chi connectivity index (χ3n) is 3.95. The van der Waals surface area contributed by atoms with Crippen molar-refractivity contribution in [3.8, 4) is 0 Å². The minimum Gasteiger partial charge on any atom is -0.478 e. The second-order valence-corrected chi connectivity index (χ2v) is 5.83. The second-order valence-electron chi connectivity index (χ2n) is 5.83. The van der Waals surface area contributed by atoms with E-state index in [1.165, 1.54) is 18.3 Å². The summed E-state index contributed by atoms with van der Waals surface area (Å²) >= 11 is 0. The fraction of sp³-hybridized carbons (Fsp3) is 0.158. The topological polar surface area (TPSA) is 108 Å². The Morgan fingerprint density at radius 3 is 2.52 bits per heavy atom. The van der Waals surface area contributed by atoms with Crippen LogP contribution >= 0.6 is 0 Å². The Kier molecular flexibility index (Phi) is 5.46. The largest absolute Gasteiger partial charge is 0.478 e. The van der Waals surface area contributed by atoms with Gasteiger partial charge in [-0.25, -0.2) is 14.5 Å². The lowest BCUT2D eigenvalue weighted by Crippen LogP contribution is -2.59. The first-order valence-electron chi connectivity index (χ1n) is 8.21. The highest BCUT2D eigenvalue weighted by atomic mass is 16.7. The number of hydrogen-bond donors (Lipinski definition) is 2. The standard InChI is InChI=1S/C19H17N3O5/c23-16-10-17(22(16)19(26)20-11-13-4-2-1-3-5-13)27-21-12-14-6-8-15(9-7-14)18(24)25/h1-9,12,17H,10-11H2,(H,20,26)(H,24,25)/b21-12+. The summed E-state index contributed by atoms with van der Waals surface area (Å²) < 4.78 is 0. The number of carbonyl (C=O) groups is 3. The minimum atomic E-state index is -1.01. The third kappa shape index (κ3) is 4.49. The Bertz CT molecular complexity index is 865. The van der Waals surface area contributed by atoms with Crippen LogP contribution in [0.25, 0.3) is 0 Å². The van der Waals surface area contributed by atoms with Crippen LogP contribution in [0.4, 0.5) is 4.79 Å². The lowest BCUT2D eigenvalue weighted by molar-refractivity contribution is -0.163. The van der Waals surface area contributed by atoms with Gasteiger partial charge < -0.3 is 15.3 Å². The molecule has 8 heteroatoms. The number of hydrogen-bond acceptors (Lipinski definition) is 5. The zero-order valence-corrected chi connectivity index (χ0v) is 14.2. The number of carbonyl (C=O) groups excluding carboxylic acids is 2. The molecule has 1 fully saturated rings. The Labute approximate surface area is 155 Å². The minimum absolute atomic E-state index is 0.0635. The van der Waals surface area contributed by atoms with Crippen molar-refractivity contribution in [1.29, 1.82) is 0 Å². The predicted octanol–water partition coefficient (Wildman–Crippen LogP) is 2.20. The van der Waals surface area contributed by atoms with E-state index >= 15 is 0 Å². The molecule has 1 aliphatic rings. The average Bonchev–Trinajstić information content (AvgIpc) is 2.66. The Morgan fingerprint density at radius 2 is 1.89 bits per heavy atom. The van der Waals surface area contributed by atoms with Crippen LogP contribution in [0.2, 0.25) is 0 Å². The van der Waals surface area contributed by atoms with Crippen LogP contribution in [0, 0.1) is 0 Å². The molecule has 3 rings (SSSR count). The monoisotopic (exact) mass is 367 g/mol. The number of oxime groups is 1. The van der Waals surface area contributed by atoms with Crippen LogP contribution in [-0.2, 0) is 16.2 Å². The van der Waals surface area contributed by atoms with Crippen molar-refractivity contribution >= 4 is 24.1 Å². The van der Waals surface area contributed by atoms with Gasteiger partial charge in [0.15, 0.2) is 0 Å². The van der Waals surface area contributed by atoms with Gasteiger partial charge in [-0.1, -0.05) is 47.6 Å². The molecule has 2 N–H and O–H groups in total. The van der Waals surface area contributed by atoms with Crippen molar-refractivity contribution in [3.63, 3.8) is 0 Å². The molecule has 3 amide bonds. The summed E-state index contributed by atoms with van der Waals surface area (Å²) in [6.07, 6.45) is 0.686. The third-order valence-corrected chi connectivity index (χ3v) is 3.95. The Hall–Kier alpha value is -3.68. The molecule has 138 valence electrons. The van der Waals surface area contributed by atoms with E-state index in [0.29, 0.717) is 12.1 Å². The van der Waals surface area contributed by atoms with Crippen molar-refractivity contribution in [2.75, 3.05) is 0 Å². The number of urea groups is 1. The number of likely N-dealkylation sites (tertiary alicyclic amines) is 1. The first-order valence-corrected chi connectivity index (χ1v) is 8.21. The summed E-state index contributed by atoms with van der Waals surface area (Å²) in [6.45, 7) is 0.301. The molecule has 8 nitrogen and oxygen atoms in total. The van der Waals surface area contributed by atoms with Crippen LogP contribution in [-0.4, -0.2) is 40.4 Å². The summed E-state index contributed by atoms with van der Waals surface area (Å²) in [6, 6.07) is 14.8. The lowest BCUT2D eigenvalue weighted by Gasteiger charge is -2.35. The number of amides is 3. The molecule has 0 aromatic heterocycles. The molecule has 0 bridgehead atoms. The Balaban J connectivity index is 1.51. The molecule has 0 aliphatic carbocycles. The number of rotatable bonds is 6. The van der Waals surface area contributed by atoms with Gasteiger partial charge in [-0.2, -0.15) is 0 Å². The van der Waals surface area contributed by atoms with Gasteiger partial charge in [0.1, 0.15) is 0 Å². The van der Waals surface area contributed by atoms with E-state index in [1.54, 1.807) is 12.1 Å². The van der Waals surface area contributed by atoms with Crippen molar-refractivity contribution in [3.05, 3.63) is 71.3 Å². The molecule has 27 heavy (non-hydrogen) atoms. The maximum Gasteiger partial charge on any atom is 0.335 e. The maximum atomic E-state index is 12.2. The fourth-order valence-corrected chi connectivity index (χ4v) is 2.45. The highest BCUT2D eigenvalue weighted by Crippen LogP contribution is 2.20. The zero-order chi connectivity index (χ0) is 19.2. The normalized spacial score (nSPS) is 16.1. The quantitative estimate of drug-likeness (QED) is 0.462. The number of nitrogens with one attached hydrogen (secondary N) is 1. The van der Waals surface area contributed by atoms with Crippen molar-refractivity contribution < 1.29 is 24.3 Å². The molecule has 2 aromatic rings. The lowest BCUT2D eigenvalue weighted by atomic mass is 10.1. The van der Waals surface area contributed by atoms with Crippen molar-refractivity contribution in [2.45, 2.75) is 19.2 Å². The van der Waals surface area contributed by atoms with E-state index in [4.69, 9.17) is 9.94 Å². The first-order chi connectivity index (χ1) is 13.0. The van der Waals surface area contributed by atoms with Crippen LogP contribution in [0.1, 0.15) is 27.9 Å². The summed E-state index contributed by atoms with van der Waals surface area (Å²) in [5.74, 6) is -1.36. The molecule has 1 unspecified atom stereocenters. The molecule has 2 aromatic carbocycles. The van der Waals surface area contributed by atoms with Gasteiger partial charge in [-0.3, -0.25) is 4.79 Å². The maximum absolute atomic E-state index is 12.2. The van der Waals surface area contributed by atoms with Gasteiger partial charge in [0.2, 0.25) is 12.1 Å². The summed E-state index contributed by atoms with van der Waals surface area (Å²) in [4.78, 5) is 40.9. The molecular weight excluding hydrogens is 350 g/mol. The van der Waals surface area contributed by atoms with E-state index in [2.05, 4.69) is 10.5 Å². The predicted molar refractivity (Wildman–Crippen MR) is 96.0 cm³/mol.